The van der Waals surface area contributed by atoms with E-state index in [1.54, 1.807) is 6.20 Å². The van der Waals surface area contributed by atoms with E-state index in [1.807, 2.05) is 39.2 Å². The molecule has 2 aromatic rings. The van der Waals surface area contributed by atoms with E-state index < -0.39 is 12.2 Å². The Balaban J connectivity index is 1.41. The van der Waals surface area contributed by atoms with Crippen LogP contribution in [0.2, 0.25) is 0 Å². The predicted molar refractivity (Wildman–Crippen MR) is 113 cm³/mol. The van der Waals surface area contributed by atoms with E-state index in [1.165, 1.54) is 0 Å². The Morgan fingerprint density at radius 2 is 1.93 bits per heavy atom. The van der Waals surface area contributed by atoms with Gasteiger partial charge in [0.05, 0.1) is 24.9 Å². The van der Waals surface area contributed by atoms with Gasteiger partial charge < -0.3 is 29.7 Å². The number of hydrogen-bond donors (Lipinski definition) is 2. The number of benzene rings is 1. The van der Waals surface area contributed by atoms with E-state index in [0.29, 0.717) is 25.7 Å². The highest BCUT2D eigenvalue weighted by Crippen LogP contribution is 2.30. The first-order valence-corrected chi connectivity index (χ1v) is 10.1. The fourth-order valence-electron chi connectivity index (χ4n) is 3.70. The highest BCUT2D eigenvalue weighted by Gasteiger charge is 2.49. The molecule has 2 aliphatic heterocycles. The van der Waals surface area contributed by atoms with E-state index in [9.17, 15) is 4.79 Å². The quantitative estimate of drug-likeness (QED) is 0.741. The number of nitrogens with one attached hydrogen (secondary N) is 2. The zero-order valence-corrected chi connectivity index (χ0v) is 17.4. The van der Waals surface area contributed by atoms with Crippen molar-refractivity contribution in [1.29, 1.82) is 0 Å². The Morgan fingerprint density at radius 3 is 2.67 bits per heavy atom. The summed E-state index contributed by atoms with van der Waals surface area (Å²) in [7, 11) is 4.02. The zero-order chi connectivity index (χ0) is 21.1. The van der Waals surface area contributed by atoms with E-state index in [0.717, 1.165) is 16.9 Å². The van der Waals surface area contributed by atoms with Gasteiger partial charge in [-0.2, -0.15) is 0 Å². The maximum atomic E-state index is 11.7. The number of amides is 1. The largest absolute Gasteiger partial charge is 0.441 e. The second kappa shape index (κ2) is 8.85. The molecular weight excluding hydrogens is 386 g/mol. The van der Waals surface area contributed by atoms with Crippen LogP contribution in [0.4, 0.5) is 16.4 Å². The van der Waals surface area contributed by atoms with Gasteiger partial charge in [0.15, 0.2) is 6.10 Å². The second-order valence-electron chi connectivity index (χ2n) is 7.53. The Bertz CT molecular complexity index is 876. The summed E-state index contributed by atoms with van der Waals surface area (Å²) in [5, 5.41) is 5.94. The third-order valence-electron chi connectivity index (χ3n) is 5.24. The Kier molecular flexibility index (Phi) is 6.01. The fourth-order valence-corrected chi connectivity index (χ4v) is 3.70. The average Bonchev–Trinajstić information content (AvgIpc) is 3.32. The maximum Gasteiger partial charge on any atom is 0.407 e. The van der Waals surface area contributed by atoms with Crippen LogP contribution >= 0.6 is 0 Å². The number of hydrogen-bond acceptors (Lipinski definition) is 8. The molecule has 4 rings (SSSR count). The van der Waals surface area contributed by atoms with Crippen molar-refractivity contribution in [2.24, 2.45) is 0 Å². The topological polar surface area (TPSA) is 97.8 Å². The van der Waals surface area contributed by atoms with Crippen LogP contribution in [0, 0.1) is 0 Å². The number of carbonyl (C=O) groups excluding carboxylic acids is 1. The number of nitrogens with zero attached hydrogens (tertiary/aromatic N) is 3. The summed E-state index contributed by atoms with van der Waals surface area (Å²) in [6.07, 6.45) is 0.329. The van der Waals surface area contributed by atoms with Gasteiger partial charge in [-0.05, 0) is 25.1 Å². The Morgan fingerprint density at radius 1 is 1.17 bits per heavy atom. The van der Waals surface area contributed by atoms with Crippen molar-refractivity contribution < 1.29 is 19.0 Å². The first kappa shape index (κ1) is 20.4. The fraction of sp³-hybridized carbons (Fsp3) is 0.476. The van der Waals surface area contributed by atoms with Gasteiger partial charge in [0, 0.05) is 38.1 Å². The first-order chi connectivity index (χ1) is 14.5. The number of aromatic nitrogens is 2. The van der Waals surface area contributed by atoms with Crippen molar-refractivity contribution in [2.45, 2.75) is 31.3 Å². The SMILES string of the molecule is CCNC(=O)OC1COC2C(Nc3nccc(-c4ccc(N(C)C)cc4)n3)COC12. The normalized spacial score (nSPS) is 24.9. The summed E-state index contributed by atoms with van der Waals surface area (Å²) >= 11 is 0. The van der Waals surface area contributed by atoms with Gasteiger partial charge in [0.1, 0.15) is 12.2 Å². The lowest BCUT2D eigenvalue weighted by Crippen LogP contribution is -2.39. The van der Waals surface area contributed by atoms with E-state index in [-0.39, 0.29) is 18.2 Å². The number of anilines is 2. The number of carbonyl (C=O) groups is 1. The molecule has 4 atom stereocenters. The lowest BCUT2D eigenvalue weighted by Gasteiger charge is -2.18. The van der Waals surface area contributed by atoms with Crippen LogP contribution in [-0.2, 0) is 14.2 Å². The van der Waals surface area contributed by atoms with Gasteiger partial charge in [-0.15, -0.1) is 0 Å². The van der Waals surface area contributed by atoms with Crippen LogP contribution in [0.3, 0.4) is 0 Å². The summed E-state index contributed by atoms with van der Waals surface area (Å²) in [5.74, 6) is 0.509. The molecule has 30 heavy (non-hydrogen) atoms. The van der Waals surface area contributed by atoms with Crippen LogP contribution < -0.4 is 15.5 Å². The molecule has 2 N–H and O–H groups in total. The number of fused-ring (bicyclic) bond motifs is 1. The highest BCUT2D eigenvalue weighted by molar-refractivity contribution is 5.67. The summed E-state index contributed by atoms with van der Waals surface area (Å²) < 4.78 is 17.1. The van der Waals surface area contributed by atoms with E-state index in [2.05, 4.69) is 37.6 Å². The van der Waals surface area contributed by atoms with Gasteiger partial charge in [-0.3, -0.25) is 0 Å². The molecule has 0 spiro atoms. The summed E-state index contributed by atoms with van der Waals surface area (Å²) in [4.78, 5) is 22.7. The van der Waals surface area contributed by atoms with Crippen LogP contribution in [0.25, 0.3) is 11.3 Å². The molecule has 9 heteroatoms. The zero-order valence-electron chi connectivity index (χ0n) is 17.4. The number of ether oxygens (including phenoxy) is 3. The van der Waals surface area contributed by atoms with Crippen molar-refractivity contribution in [3.8, 4) is 11.3 Å². The number of alkyl carbamates (subject to hydrolysis) is 1. The van der Waals surface area contributed by atoms with Crippen molar-refractivity contribution in [1.82, 2.24) is 15.3 Å². The summed E-state index contributed by atoms with van der Waals surface area (Å²) in [5.41, 5.74) is 2.97. The molecule has 2 saturated heterocycles. The van der Waals surface area contributed by atoms with Gasteiger partial charge >= 0.3 is 6.09 Å². The maximum absolute atomic E-state index is 11.7. The Labute approximate surface area is 175 Å². The third kappa shape index (κ3) is 4.31. The molecular formula is C21H27N5O4. The van der Waals surface area contributed by atoms with Crippen LogP contribution in [0.1, 0.15) is 6.92 Å². The molecule has 0 radical (unpaired) electrons. The van der Waals surface area contributed by atoms with Crippen molar-refractivity contribution >= 4 is 17.7 Å². The predicted octanol–water partition coefficient (Wildman–Crippen LogP) is 1.90. The molecule has 0 bridgehead atoms. The lowest BCUT2D eigenvalue weighted by atomic mass is 10.1. The van der Waals surface area contributed by atoms with E-state index >= 15 is 0 Å². The second-order valence-corrected chi connectivity index (χ2v) is 7.53. The van der Waals surface area contributed by atoms with Crippen molar-refractivity contribution in [3.63, 3.8) is 0 Å². The van der Waals surface area contributed by atoms with Crippen molar-refractivity contribution in [3.05, 3.63) is 36.5 Å². The monoisotopic (exact) mass is 413 g/mol. The minimum absolute atomic E-state index is 0.121. The van der Waals surface area contributed by atoms with Crippen LogP contribution in [0.15, 0.2) is 36.5 Å². The molecule has 0 saturated carbocycles. The lowest BCUT2D eigenvalue weighted by molar-refractivity contribution is 0.00462. The molecule has 0 aliphatic carbocycles. The van der Waals surface area contributed by atoms with E-state index in [4.69, 9.17) is 14.2 Å². The van der Waals surface area contributed by atoms with Crippen LogP contribution in [-0.4, -0.2) is 74.3 Å². The molecule has 160 valence electrons. The highest BCUT2D eigenvalue weighted by atomic mass is 16.6. The first-order valence-electron chi connectivity index (χ1n) is 10.1. The minimum atomic E-state index is -0.455. The molecule has 2 fully saturated rings. The van der Waals surface area contributed by atoms with Crippen LogP contribution in [0.5, 0.6) is 0 Å². The third-order valence-corrected chi connectivity index (χ3v) is 5.24. The molecule has 9 nitrogen and oxygen atoms in total. The summed E-state index contributed by atoms with van der Waals surface area (Å²) in [6.45, 7) is 3.09. The van der Waals surface area contributed by atoms with Gasteiger partial charge in [0.25, 0.3) is 0 Å². The standard InChI is InChI=1S/C21H27N5O4/c1-4-22-21(27)30-17-12-29-18-16(11-28-19(17)18)25-20-23-10-9-15(24-20)13-5-7-14(8-6-13)26(2)3/h5-10,16-19H,4,11-12H2,1-3H3,(H,22,27)(H,23,24,25). The average molecular weight is 413 g/mol. The molecule has 1 amide bonds. The molecule has 2 aliphatic rings. The molecule has 1 aromatic carbocycles. The Hall–Kier alpha value is -2.91. The molecule has 3 heterocycles. The number of rotatable bonds is 6. The minimum Gasteiger partial charge on any atom is -0.441 e. The molecule has 1 aromatic heterocycles. The van der Waals surface area contributed by atoms with Gasteiger partial charge in [-0.1, -0.05) is 12.1 Å². The van der Waals surface area contributed by atoms with Crippen molar-refractivity contribution in [2.75, 3.05) is 44.1 Å². The summed E-state index contributed by atoms with van der Waals surface area (Å²) in [6, 6.07) is 9.96. The molecule has 4 unspecified atom stereocenters. The van der Waals surface area contributed by atoms with Gasteiger partial charge in [-0.25, -0.2) is 14.8 Å². The van der Waals surface area contributed by atoms with Gasteiger partial charge in [0.2, 0.25) is 5.95 Å². The smallest absolute Gasteiger partial charge is 0.407 e.